The molecule has 1 amide bonds. The number of hydrogen-bond donors (Lipinski definition) is 0. The number of hydrogen-bond acceptors (Lipinski definition) is 4. The third-order valence-electron chi connectivity index (χ3n) is 4.30. The molecule has 1 aliphatic heterocycles. The largest absolute Gasteiger partial charge is 0.467 e. The molecular formula is C17H20F3NO4. The van der Waals surface area contributed by atoms with Gasteiger partial charge in [0, 0.05) is 26.5 Å². The van der Waals surface area contributed by atoms with Crippen LogP contribution in [0.5, 0.6) is 0 Å². The van der Waals surface area contributed by atoms with Crippen LogP contribution in [0.4, 0.5) is 13.2 Å². The van der Waals surface area contributed by atoms with Crippen molar-refractivity contribution in [1.29, 1.82) is 0 Å². The molecule has 1 fully saturated rings. The number of alkyl halides is 3. The lowest BCUT2D eigenvalue weighted by molar-refractivity contribution is -0.150. The van der Waals surface area contributed by atoms with Crippen LogP contribution in [0.2, 0.25) is 0 Å². The standard InChI is InChI=1S/C17H20F3NO4/c1-24-13-9-14(16(23)25-2)21(10-13)15(22)8-5-11-3-6-12(7-4-11)17(18,19)20/h3-4,6-7,13-14H,5,8-10H2,1-2H3/t13-,14+/m0/s1. The van der Waals surface area contributed by atoms with E-state index in [4.69, 9.17) is 9.47 Å². The van der Waals surface area contributed by atoms with Crippen molar-refractivity contribution >= 4 is 11.9 Å². The molecule has 138 valence electrons. The van der Waals surface area contributed by atoms with Crippen LogP contribution in [0.3, 0.4) is 0 Å². The highest BCUT2D eigenvalue weighted by atomic mass is 19.4. The van der Waals surface area contributed by atoms with Crippen molar-refractivity contribution in [2.24, 2.45) is 0 Å². The number of carbonyl (C=O) groups is 2. The highest BCUT2D eigenvalue weighted by Gasteiger charge is 2.40. The zero-order chi connectivity index (χ0) is 18.6. The van der Waals surface area contributed by atoms with Crippen LogP contribution in [0.1, 0.15) is 24.0 Å². The Hall–Kier alpha value is -2.09. The number of benzene rings is 1. The summed E-state index contributed by atoms with van der Waals surface area (Å²) in [5.41, 5.74) is -0.103. The van der Waals surface area contributed by atoms with Gasteiger partial charge in [0.05, 0.1) is 18.8 Å². The van der Waals surface area contributed by atoms with E-state index in [-0.39, 0.29) is 18.4 Å². The van der Waals surface area contributed by atoms with Gasteiger partial charge in [-0.3, -0.25) is 4.79 Å². The second kappa shape index (κ2) is 7.86. The second-order valence-corrected chi connectivity index (χ2v) is 5.87. The Balaban J connectivity index is 1.97. The molecule has 0 aromatic heterocycles. The Morgan fingerprint density at radius 2 is 1.84 bits per heavy atom. The summed E-state index contributed by atoms with van der Waals surface area (Å²) in [7, 11) is 2.77. The van der Waals surface area contributed by atoms with Gasteiger partial charge in [-0.2, -0.15) is 13.2 Å². The fourth-order valence-corrected chi connectivity index (χ4v) is 2.86. The number of nitrogens with zero attached hydrogens (tertiary/aromatic N) is 1. The van der Waals surface area contributed by atoms with E-state index in [1.54, 1.807) is 0 Å². The molecule has 2 rings (SSSR count). The molecule has 0 radical (unpaired) electrons. The van der Waals surface area contributed by atoms with Gasteiger partial charge >= 0.3 is 12.1 Å². The van der Waals surface area contributed by atoms with Crippen molar-refractivity contribution < 1.29 is 32.2 Å². The van der Waals surface area contributed by atoms with Gasteiger partial charge in [-0.1, -0.05) is 12.1 Å². The molecule has 1 heterocycles. The Labute approximate surface area is 143 Å². The molecule has 0 saturated carbocycles. The smallest absolute Gasteiger partial charge is 0.416 e. The van der Waals surface area contributed by atoms with Gasteiger partial charge in [0.1, 0.15) is 6.04 Å². The maximum atomic E-state index is 12.5. The van der Waals surface area contributed by atoms with Crippen LogP contribution in [0.25, 0.3) is 0 Å². The average Bonchev–Trinajstić information content (AvgIpc) is 3.03. The van der Waals surface area contributed by atoms with Crippen LogP contribution in [-0.4, -0.2) is 49.7 Å². The minimum absolute atomic E-state index is 0.0926. The summed E-state index contributed by atoms with van der Waals surface area (Å²) in [6.07, 6.45) is -3.87. The van der Waals surface area contributed by atoms with E-state index in [2.05, 4.69) is 0 Å². The lowest BCUT2D eigenvalue weighted by Gasteiger charge is -2.22. The highest BCUT2D eigenvalue weighted by molar-refractivity contribution is 5.85. The lowest BCUT2D eigenvalue weighted by Crippen LogP contribution is -2.41. The fraction of sp³-hybridized carbons (Fsp3) is 0.529. The van der Waals surface area contributed by atoms with E-state index >= 15 is 0 Å². The van der Waals surface area contributed by atoms with Crippen LogP contribution in [0, 0.1) is 0 Å². The van der Waals surface area contributed by atoms with Gasteiger partial charge < -0.3 is 14.4 Å². The minimum atomic E-state index is -4.38. The molecule has 1 aliphatic rings. The first-order valence-corrected chi connectivity index (χ1v) is 7.82. The fourth-order valence-electron chi connectivity index (χ4n) is 2.86. The average molecular weight is 359 g/mol. The molecule has 1 aromatic rings. The SMILES string of the molecule is COC(=O)[C@H]1C[C@H](OC)CN1C(=O)CCc1ccc(C(F)(F)F)cc1. The molecule has 1 aromatic carbocycles. The predicted octanol–water partition coefficient (Wildman–Crippen LogP) is 2.43. The van der Waals surface area contributed by atoms with Crippen molar-refractivity contribution in [2.75, 3.05) is 20.8 Å². The van der Waals surface area contributed by atoms with Gasteiger partial charge in [-0.25, -0.2) is 4.79 Å². The number of methoxy groups -OCH3 is 2. The van der Waals surface area contributed by atoms with Gasteiger partial charge in [0.2, 0.25) is 5.91 Å². The molecule has 2 atom stereocenters. The normalized spacial score (nSPS) is 20.6. The number of esters is 1. The van der Waals surface area contributed by atoms with Crippen LogP contribution in [-0.2, 0) is 31.7 Å². The summed E-state index contributed by atoms with van der Waals surface area (Å²) in [6.45, 7) is 0.294. The zero-order valence-electron chi connectivity index (χ0n) is 14.0. The van der Waals surface area contributed by atoms with E-state index in [9.17, 15) is 22.8 Å². The molecule has 0 spiro atoms. The number of rotatable bonds is 5. The van der Waals surface area contributed by atoms with E-state index < -0.39 is 23.8 Å². The topological polar surface area (TPSA) is 55.8 Å². The summed E-state index contributed by atoms with van der Waals surface area (Å²) < 4.78 is 47.6. The number of aryl methyl sites for hydroxylation is 1. The summed E-state index contributed by atoms with van der Waals surface area (Å²) in [5, 5.41) is 0. The number of carbonyl (C=O) groups excluding carboxylic acids is 2. The molecule has 8 heteroatoms. The highest BCUT2D eigenvalue weighted by Crippen LogP contribution is 2.29. The molecule has 0 N–H and O–H groups in total. The van der Waals surface area contributed by atoms with Crippen LogP contribution >= 0.6 is 0 Å². The Kier molecular flexibility index (Phi) is 6.05. The Morgan fingerprint density at radius 1 is 1.20 bits per heavy atom. The zero-order valence-corrected chi connectivity index (χ0v) is 14.0. The summed E-state index contributed by atoms with van der Waals surface area (Å²) >= 11 is 0. The number of halogens is 3. The van der Waals surface area contributed by atoms with Gasteiger partial charge in [0.25, 0.3) is 0 Å². The Bertz CT molecular complexity index is 615. The molecule has 1 saturated heterocycles. The van der Waals surface area contributed by atoms with Crippen molar-refractivity contribution in [3.8, 4) is 0 Å². The van der Waals surface area contributed by atoms with Gasteiger partial charge in [-0.05, 0) is 24.1 Å². The summed E-state index contributed by atoms with van der Waals surface area (Å²) in [5.74, 6) is -0.753. The molecular weight excluding hydrogens is 339 g/mol. The van der Waals surface area contributed by atoms with Crippen molar-refractivity contribution in [1.82, 2.24) is 4.90 Å². The Morgan fingerprint density at radius 3 is 2.36 bits per heavy atom. The molecule has 0 unspecified atom stereocenters. The monoisotopic (exact) mass is 359 g/mol. The maximum Gasteiger partial charge on any atom is 0.416 e. The molecule has 0 bridgehead atoms. The third kappa shape index (κ3) is 4.72. The van der Waals surface area contributed by atoms with Crippen LogP contribution in [0.15, 0.2) is 24.3 Å². The van der Waals surface area contributed by atoms with E-state index in [0.717, 1.165) is 12.1 Å². The first-order chi connectivity index (χ1) is 11.8. The molecule has 5 nitrogen and oxygen atoms in total. The first kappa shape index (κ1) is 19.2. The van der Waals surface area contributed by atoms with E-state index in [1.807, 2.05) is 0 Å². The second-order valence-electron chi connectivity index (χ2n) is 5.87. The number of amides is 1. The third-order valence-corrected chi connectivity index (χ3v) is 4.30. The van der Waals surface area contributed by atoms with Crippen molar-refractivity contribution in [2.45, 2.75) is 37.6 Å². The van der Waals surface area contributed by atoms with E-state index in [0.29, 0.717) is 24.9 Å². The lowest BCUT2D eigenvalue weighted by atomic mass is 10.1. The first-order valence-electron chi connectivity index (χ1n) is 7.82. The van der Waals surface area contributed by atoms with Gasteiger partial charge in [-0.15, -0.1) is 0 Å². The van der Waals surface area contributed by atoms with Gasteiger partial charge in [0.15, 0.2) is 0 Å². The summed E-state index contributed by atoms with van der Waals surface area (Å²) in [4.78, 5) is 25.7. The number of likely N-dealkylation sites (tertiary alicyclic amines) is 1. The van der Waals surface area contributed by atoms with Crippen molar-refractivity contribution in [3.63, 3.8) is 0 Å². The molecule has 25 heavy (non-hydrogen) atoms. The molecule has 0 aliphatic carbocycles. The quantitative estimate of drug-likeness (QED) is 0.758. The van der Waals surface area contributed by atoms with Crippen LogP contribution < -0.4 is 0 Å². The number of ether oxygens (including phenoxy) is 2. The maximum absolute atomic E-state index is 12.5. The summed E-state index contributed by atoms with van der Waals surface area (Å²) in [6, 6.07) is 4.02. The van der Waals surface area contributed by atoms with Crippen molar-refractivity contribution in [3.05, 3.63) is 35.4 Å². The minimum Gasteiger partial charge on any atom is -0.467 e. The predicted molar refractivity (Wildman–Crippen MR) is 82.7 cm³/mol. The van der Waals surface area contributed by atoms with E-state index in [1.165, 1.54) is 31.3 Å².